The molecule has 0 aliphatic rings. The van der Waals surface area contributed by atoms with Crippen molar-refractivity contribution in [3.05, 3.63) is 47.3 Å². The number of benzene rings is 1. The van der Waals surface area contributed by atoms with Gasteiger partial charge in [0.15, 0.2) is 0 Å². The van der Waals surface area contributed by atoms with Crippen LogP contribution < -0.4 is 0 Å². The predicted octanol–water partition coefficient (Wildman–Crippen LogP) is 3.69. The first-order chi connectivity index (χ1) is 6.68. The van der Waals surface area contributed by atoms with Crippen LogP contribution in [0.5, 0.6) is 0 Å². The molecule has 0 aliphatic carbocycles. The molecule has 0 atom stereocenters. The Balaban J connectivity index is 2.58. The van der Waals surface area contributed by atoms with Crippen LogP contribution in [0, 0.1) is 5.82 Å². The van der Waals surface area contributed by atoms with Crippen LogP contribution in [0.25, 0.3) is 10.9 Å². The monoisotopic (exact) mass is 253 g/mol. The largest absolute Gasteiger partial charge is 0.342 e. The lowest BCUT2D eigenvalue weighted by atomic mass is 10.2. The summed E-state index contributed by atoms with van der Waals surface area (Å²) >= 11 is 3.29. The molecule has 1 aromatic heterocycles. The molecule has 0 aliphatic heterocycles. The van der Waals surface area contributed by atoms with Gasteiger partial charge in [0.2, 0.25) is 0 Å². The molecule has 0 N–H and O–H groups in total. The Kier molecular flexibility index (Phi) is 2.42. The first kappa shape index (κ1) is 9.46. The standard InChI is InChI=1S/C11H9BrFN/c1-8(12)7-14-6-5-9-10(13)3-2-4-11(9)14/h2-6H,1,7H2. The Hall–Kier alpha value is -1.09. The van der Waals surface area contributed by atoms with E-state index in [0.717, 1.165) is 10.00 Å². The van der Waals surface area contributed by atoms with Crippen LogP contribution in [0.1, 0.15) is 0 Å². The summed E-state index contributed by atoms with van der Waals surface area (Å²) in [5.74, 6) is -0.179. The lowest BCUT2D eigenvalue weighted by Gasteiger charge is -2.03. The lowest BCUT2D eigenvalue weighted by molar-refractivity contribution is 0.639. The van der Waals surface area contributed by atoms with Crippen molar-refractivity contribution in [1.82, 2.24) is 4.57 Å². The zero-order chi connectivity index (χ0) is 10.1. The third-order valence-corrected chi connectivity index (χ3v) is 2.35. The number of halogens is 2. The highest BCUT2D eigenvalue weighted by Crippen LogP contribution is 2.20. The number of hydrogen-bond donors (Lipinski definition) is 0. The van der Waals surface area contributed by atoms with Crippen molar-refractivity contribution >= 4 is 26.8 Å². The molecule has 1 aromatic carbocycles. The normalized spacial score (nSPS) is 10.7. The quantitative estimate of drug-likeness (QED) is 0.770. The van der Waals surface area contributed by atoms with Gasteiger partial charge < -0.3 is 4.57 Å². The molecule has 2 aromatic rings. The Bertz CT molecular complexity index is 487. The fourth-order valence-electron chi connectivity index (χ4n) is 1.51. The van der Waals surface area contributed by atoms with E-state index < -0.39 is 0 Å². The molecular weight excluding hydrogens is 245 g/mol. The van der Waals surface area contributed by atoms with Gasteiger partial charge in [-0.3, -0.25) is 0 Å². The number of fused-ring (bicyclic) bond motifs is 1. The Morgan fingerprint density at radius 3 is 2.93 bits per heavy atom. The molecule has 0 unspecified atom stereocenters. The third-order valence-electron chi connectivity index (χ3n) is 2.10. The van der Waals surface area contributed by atoms with E-state index in [4.69, 9.17) is 0 Å². The molecule has 0 amide bonds. The van der Waals surface area contributed by atoms with Gasteiger partial charge in [0.1, 0.15) is 5.82 Å². The van der Waals surface area contributed by atoms with Crippen molar-refractivity contribution in [2.45, 2.75) is 6.54 Å². The molecule has 0 bridgehead atoms. The Morgan fingerprint density at radius 2 is 2.21 bits per heavy atom. The second-order valence-corrected chi connectivity index (χ2v) is 4.26. The molecule has 0 saturated carbocycles. The van der Waals surface area contributed by atoms with Crippen molar-refractivity contribution in [2.24, 2.45) is 0 Å². The summed E-state index contributed by atoms with van der Waals surface area (Å²) in [5, 5.41) is 0.654. The van der Waals surface area contributed by atoms with Crippen molar-refractivity contribution < 1.29 is 4.39 Å². The van der Waals surface area contributed by atoms with Crippen molar-refractivity contribution in [3.8, 4) is 0 Å². The highest BCUT2D eigenvalue weighted by molar-refractivity contribution is 9.11. The summed E-state index contributed by atoms with van der Waals surface area (Å²) in [6.45, 7) is 4.42. The van der Waals surface area contributed by atoms with E-state index in [1.807, 2.05) is 16.8 Å². The summed E-state index contributed by atoms with van der Waals surface area (Å²) in [6, 6.07) is 6.86. The number of rotatable bonds is 2. The molecule has 3 heteroatoms. The molecule has 0 spiro atoms. The van der Waals surface area contributed by atoms with Crippen LogP contribution in [-0.4, -0.2) is 4.57 Å². The van der Waals surface area contributed by atoms with Gasteiger partial charge in [0.25, 0.3) is 0 Å². The van der Waals surface area contributed by atoms with Crippen LogP contribution in [0.3, 0.4) is 0 Å². The van der Waals surface area contributed by atoms with Gasteiger partial charge in [-0.05, 0) is 18.2 Å². The van der Waals surface area contributed by atoms with Crippen molar-refractivity contribution in [2.75, 3.05) is 0 Å². The number of nitrogens with zero attached hydrogens (tertiary/aromatic N) is 1. The van der Waals surface area contributed by atoms with Crippen molar-refractivity contribution in [1.29, 1.82) is 0 Å². The SMILES string of the molecule is C=C(Br)Cn1ccc2c(F)cccc21. The van der Waals surface area contributed by atoms with Gasteiger partial charge in [-0.2, -0.15) is 0 Å². The minimum atomic E-state index is -0.179. The summed E-state index contributed by atoms with van der Waals surface area (Å²) < 4.78 is 16.1. The van der Waals surface area contributed by atoms with Gasteiger partial charge >= 0.3 is 0 Å². The number of allylic oxidation sites excluding steroid dienone is 1. The van der Waals surface area contributed by atoms with E-state index in [0.29, 0.717) is 11.9 Å². The molecule has 14 heavy (non-hydrogen) atoms. The van der Waals surface area contributed by atoms with E-state index in [2.05, 4.69) is 22.5 Å². The maximum Gasteiger partial charge on any atom is 0.132 e. The van der Waals surface area contributed by atoms with E-state index in [1.54, 1.807) is 12.1 Å². The second-order valence-electron chi connectivity index (χ2n) is 3.13. The Morgan fingerprint density at radius 1 is 1.43 bits per heavy atom. The fraction of sp³-hybridized carbons (Fsp3) is 0.0909. The van der Waals surface area contributed by atoms with Crippen LogP contribution >= 0.6 is 15.9 Å². The number of hydrogen-bond acceptors (Lipinski definition) is 0. The van der Waals surface area contributed by atoms with E-state index in [1.165, 1.54) is 6.07 Å². The minimum absolute atomic E-state index is 0.179. The molecular formula is C11H9BrFN. The smallest absolute Gasteiger partial charge is 0.132 e. The van der Waals surface area contributed by atoms with Crippen LogP contribution in [0.15, 0.2) is 41.5 Å². The molecule has 2 rings (SSSR count). The predicted molar refractivity (Wildman–Crippen MR) is 60.0 cm³/mol. The van der Waals surface area contributed by atoms with E-state index in [-0.39, 0.29) is 5.82 Å². The van der Waals surface area contributed by atoms with Gasteiger partial charge in [0.05, 0.1) is 12.1 Å². The third kappa shape index (κ3) is 1.60. The first-order valence-electron chi connectivity index (χ1n) is 4.25. The molecule has 1 nitrogen and oxygen atoms in total. The summed E-state index contributed by atoms with van der Waals surface area (Å²) in [5.41, 5.74) is 0.894. The first-order valence-corrected chi connectivity index (χ1v) is 5.04. The molecule has 0 radical (unpaired) electrons. The minimum Gasteiger partial charge on any atom is -0.342 e. The Labute approximate surface area is 90.0 Å². The summed E-state index contributed by atoms with van der Waals surface area (Å²) in [6.07, 6.45) is 1.86. The van der Waals surface area contributed by atoms with Gasteiger partial charge in [0, 0.05) is 16.1 Å². The lowest BCUT2D eigenvalue weighted by Crippen LogP contribution is -1.94. The van der Waals surface area contributed by atoms with E-state index >= 15 is 0 Å². The zero-order valence-corrected chi connectivity index (χ0v) is 9.09. The maximum atomic E-state index is 13.3. The van der Waals surface area contributed by atoms with Crippen LogP contribution in [0.4, 0.5) is 4.39 Å². The average molecular weight is 254 g/mol. The maximum absolute atomic E-state index is 13.3. The highest BCUT2D eigenvalue weighted by Gasteiger charge is 2.04. The van der Waals surface area contributed by atoms with Gasteiger partial charge in [-0.25, -0.2) is 4.39 Å². The number of aromatic nitrogens is 1. The molecule has 0 saturated heterocycles. The molecule has 0 fully saturated rings. The van der Waals surface area contributed by atoms with Crippen molar-refractivity contribution in [3.63, 3.8) is 0 Å². The zero-order valence-electron chi connectivity index (χ0n) is 7.50. The topological polar surface area (TPSA) is 4.93 Å². The molecule has 1 heterocycles. The summed E-state index contributed by atoms with van der Waals surface area (Å²) in [7, 11) is 0. The van der Waals surface area contributed by atoms with E-state index in [9.17, 15) is 4.39 Å². The molecule has 72 valence electrons. The van der Waals surface area contributed by atoms with Crippen LogP contribution in [-0.2, 0) is 6.54 Å². The van der Waals surface area contributed by atoms with Gasteiger partial charge in [-0.1, -0.05) is 28.6 Å². The average Bonchev–Trinajstić information content (AvgIpc) is 2.49. The van der Waals surface area contributed by atoms with Crippen LogP contribution in [0.2, 0.25) is 0 Å². The van der Waals surface area contributed by atoms with Gasteiger partial charge in [-0.15, -0.1) is 0 Å². The summed E-state index contributed by atoms with van der Waals surface area (Å²) in [4.78, 5) is 0. The highest BCUT2D eigenvalue weighted by atomic mass is 79.9. The fourth-order valence-corrected chi connectivity index (χ4v) is 1.78. The second kappa shape index (κ2) is 3.58.